The molecule has 152 valence electrons. The topological polar surface area (TPSA) is 35.6 Å². The maximum atomic E-state index is 12.9. The standard InChI is InChI=1S/C22H29N3OS.ClH/c1-2-12-25(22(26)20-7-4-15-27-20)19-9-13-24(14-10-19)16-18-6-3-5-17-8-11-23-21(17)18;/h3-7,15,19,23H,2,8-14,16H2,1H3;1H. The second-order valence-corrected chi connectivity index (χ2v) is 8.56. The molecule has 0 atom stereocenters. The minimum Gasteiger partial charge on any atom is -0.384 e. The zero-order valence-electron chi connectivity index (χ0n) is 16.5. The lowest BCUT2D eigenvalue weighted by Crippen LogP contribution is -2.47. The summed E-state index contributed by atoms with van der Waals surface area (Å²) in [7, 11) is 0. The SMILES string of the molecule is CCCN(C(=O)c1cccs1)C1CCN(Cc2cccc3c2NCC3)CC1.Cl. The number of carbonyl (C=O) groups is 1. The van der Waals surface area contributed by atoms with E-state index in [2.05, 4.69) is 40.2 Å². The summed E-state index contributed by atoms with van der Waals surface area (Å²) >= 11 is 1.55. The lowest BCUT2D eigenvalue weighted by Gasteiger charge is -2.38. The molecule has 1 fully saturated rings. The lowest BCUT2D eigenvalue weighted by molar-refractivity contribution is 0.0570. The molecule has 0 radical (unpaired) electrons. The van der Waals surface area contributed by atoms with Gasteiger partial charge in [0.2, 0.25) is 0 Å². The number of fused-ring (bicyclic) bond motifs is 1. The number of piperidine rings is 1. The van der Waals surface area contributed by atoms with Crippen molar-refractivity contribution in [3.8, 4) is 0 Å². The number of benzene rings is 1. The van der Waals surface area contributed by atoms with Gasteiger partial charge in [0.1, 0.15) is 0 Å². The molecule has 0 bridgehead atoms. The molecular weight excluding hydrogens is 390 g/mol. The number of anilines is 1. The van der Waals surface area contributed by atoms with Crippen molar-refractivity contribution in [2.45, 2.75) is 45.2 Å². The predicted molar refractivity (Wildman–Crippen MR) is 120 cm³/mol. The van der Waals surface area contributed by atoms with E-state index in [-0.39, 0.29) is 18.3 Å². The van der Waals surface area contributed by atoms with Crippen molar-refractivity contribution in [3.05, 3.63) is 51.7 Å². The number of rotatable bonds is 6. The smallest absolute Gasteiger partial charge is 0.264 e. The zero-order chi connectivity index (χ0) is 18.6. The molecule has 2 aliphatic rings. The normalized spacial score (nSPS) is 16.9. The van der Waals surface area contributed by atoms with Gasteiger partial charge in [-0.2, -0.15) is 0 Å². The Bertz CT molecular complexity index is 772. The molecule has 6 heteroatoms. The third kappa shape index (κ3) is 4.53. The average Bonchev–Trinajstić information content (AvgIpc) is 3.38. The quantitative estimate of drug-likeness (QED) is 0.739. The Hall–Kier alpha value is -1.56. The second kappa shape index (κ2) is 9.77. The second-order valence-electron chi connectivity index (χ2n) is 7.61. The highest BCUT2D eigenvalue weighted by Crippen LogP contribution is 2.29. The van der Waals surface area contributed by atoms with E-state index in [0.29, 0.717) is 6.04 Å². The monoisotopic (exact) mass is 419 g/mol. The van der Waals surface area contributed by atoms with Crippen LogP contribution < -0.4 is 5.32 Å². The van der Waals surface area contributed by atoms with Crippen molar-refractivity contribution in [3.63, 3.8) is 0 Å². The molecule has 4 nitrogen and oxygen atoms in total. The Morgan fingerprint density at radius 3 is 2.79 bits per heavy atom. The number of halogens is 1. The number of thiophene rings is 1. The summed E-state index contributed by atoms with van der Waals surface area (Å²) in [5.41, 5.74) is 4.24. The fourth-order valence-electron chi connectivity index (χ4n) is 4.41. The van der Waals surface area contributed by atoms with Crippen LogP contribution in [0.4, 0.5) is 5.69 Å². The van der Waals surface area contributed by atoms with E-state index in [4.69, 9.17) is 0 Å². The van der Waals surface area contributed by atoms with Crippen LogP contribution in [0.3, 0.4) is 0 Å². The van der Waals surface area contributed by atoms with Gasteiger partial charge >= 0.3 is 0 Å². The van der Waals surface area contributed by atoms with Crippen molar-refractivity contribution in [1.82, 2.24) is 9.80 Å². The van der Waals surface area contributed by atoms with Crippen molar-refractivity contribution < 1.29 is 4.79 Å². The summed E-state index contributed by atoms with van der Waals surface area (Å²) in [4.78, 5) is 18.5. The minimum absolute atomic E-state index is 0. The molecule has 1 amide bonds. The van der Waals surface area contributed by atoms with E-state index in [1.54, 1.807) is 11.3 Å². The number of amides is 1. The molecule has 1 saturated heterocycles. The summed E-state index contributed by atoms with van der Waals surface area (Å²) in [6, 6.07) is 11.0. The molecule has 1 aromatic carbocycles. The highest BCUT2D eigenvalue weighted by Gasteiger charge is 2.29. The van der Waals surface area contributed by atoms with Crippen LogP contribution in [0, 0.1) is 0 Å². The Kier molecular flexibility index (Phi) is 7.38. The number of hydrogen-bond donors (Lipinski definition) is 1. The van der Waals surface area contributed by atoms with E-state index < -0.39 is 0 Å². The number of likely N-dealkylation sites (tertiary alicyclic amines) is 1. The first-order valence-corrected chi connectivity index (χ1v) is 11.1. The molecule has 0 spiro atoms. The largest absolute Gasteiger partial charge is 0.384 e. The molecule has 3 heterocycles. The molecule has 4 rings (SSSR count). The van der Waals surface area contributed by atoms with Gasteiger partial charge in [-0.15, -0.1) is 23.7 Å². The minimum atomic E-state index is 0. The van der Waals surface area contributed by atoms with Gasteiger partial charge in [0, 0.05) is 44.5 Å². The zero-order valence-corrected chi connectivity index (χ0v) is 18.2. The van der Waals surface area contributed by atoms with E-state index in [9.17, 15) is 4.79 Å². The van der Waals surface area contributed by atoms with Gasteiger partial charge in [-0.25, -0.2) is 0 Å². The first-order chi connectivity index (χ1) is 13.3. The molecule has 1 N–H and O–H groups in total. The Morgan fingerprint density at radius 1 is 1.25 bits per heavy atom. The number of carbonyl (C=O) groups excluding carboxylic acids is 1. The van der Waals surface area contributed by atoms with Gasteiger partial charge < -0.3 is 10.2 Å². The van der Waals surface area contributed by atoms with Crippen LogP contribution in [0.15, 0.2) is 35.7 Å². The van der Waals surface area contributed by atoms with Gasteiger partial charge in [-0.3, -0.25) is 9.69 Å². The summed E-state index contributed by atoms with van der Waals surface area (Å²) in [5, 5.41) is 5.55. The van der Waals surface area contributed by atoms with E-state index in [1.165, 1.54) is 16.8 Å². The summed E-state index contributed by atoms with van der Waals surface area (Å²) in [6.45, 7) is 7.21. The van der Waals surface area contributed by atoms with E-state index in [0.717, 1.165) is 63.3 Å². The Balaban J connectivity index is 0.00000225. The fourth-order valence-corrected chi connectivity index (χ4v) is 5.08. The first-order valence-electron chi connectivity index (χ1n) is 10.2. The first kappa shape index (κ1) is 21.2. The van der Waals surface area contributed by atoms with Crippen molar-refractivity contribution in [2.24, 2.45) is 0 Å². The van der Waals surface area contributed by atoms with Crippen molar-refractivity contribution >= 4 is 35.3 Å². The summed E-state index contributed by atoms with van der Waals surface area (Å²) in [6.07, 6.45) is 4.29. The molecule has 0 saturated carbocycles. The third-order valence-corrected chi connectivity index (χ3v) is 6.64. The molecule has 0 aliphatic carbocycles. The van der Waals surface area contributed by atoms with Crippen LogP contribution in [0.5, 0.6) is 0 Å². The van der Waals surface area contributed by atoms with Crippen molar-refractivity contribution in [2.75, 3.05) is 31.5 Å². The average molecular weight is 420 g/mol. The Morgan fingerprint density at radius 2 is 2.07 bits per heavy atom. The number of nitrogens with one attached hydrogen (secondary N) is 1. The van der Waals surface area contributed by atoms with Gasteiger partial charge in [-0.05, 0) is 48.3 Å². The summed E-state index contributed by atoms with van der Waals surface area (Å²) < 4.78 is 0. The third-order valence-electron chi connectivity index (χ3n) is 5.78. The van der Waals surface area contributed by atoms with Gasteiger partial charge in [0.15, 0.2) is 0 Å². The molecule has 2 aromatic rings. The molecule has 2 aliphatic heterocycles. The Labute approximate surface area is 178 Å². The van der Waals surface area contributed by atoms with E-state index >= 15 is 0 Å². The van der Waals surface area contributed by atoms with Gasteiger partial charge in [0.25, 0.3) is 5.91 Å². The van der Waals surface area contributed by atoms with Crippen LogP contribution >= 0.6 is 23.7 Å². The predicted octanol–water partition coefficient (Wildman–Crippen LogP) is 4.65. The molecule has 0 unspecified atom stereocenters. The maximum absolute atomic E-state index is 12.9. The van der Waals surface area contributed by atoms with Gasteiger partial charge in [0.05, 0.1) is 4.88 Å². The fraction of sp³-hybridized carbons (Fsp3) is 0.500. The molecule has 1 aromatic heterocycles. The van der Waals surface area contributed by atoms with Crippen LogP contribution in [0.25, 0.3) is 0 Å². The molecule has 28 heavy (non-hydrogen) atoms. The highest BCUT2D eigenvalue weighted by molar-refractivity contribution is 7.12. The summed E-state index contributed by atoms with van der Waals surface area (Å²) in [5.74, 6) is 0.218. The van der Waals surface area contributed by atoms with Crippen molar-refractivity contribution in [1.29, 1.82) is 0 Å². The number of para-hydroxylation sites is 1. The lowest BCUT2D eigenvalue weighted by atomic mass is 10.0. The van der Waals surface area contributed by atoms with Crippen LogP contribution in [-0.2, 0) is 13.0 Å². The maximum Gasteiger partial charge on any atom is 0.264 e. The number of hydrogen-bond acceptors (Lipinski definition) is 4. The van der Waals surface area contributed by atoms with Crippen LogP contribution in [-0.4, -0.2) is 47.9 Å². The van der Waals surface area contributed by atoms with Gasteiger partial charge in [-0.1, -0.05) is 31.2 Å². The van der Waals surface area contributed by atoms with Crippen LogP contribution in [0.1, 0.15) is 47.0 Å². The number of nitrogens with zero attached hydrogens (tertiary/aromatic N) is 2. The van der Waals surface area contributed by atoms with E-state index in [1.807, 2.05) is 17.5 Å². The molecular formula is C22H30ClN3OS. The van der Waals surface area contributed by atoms with Crippen LogP contribution in [0.2, 0.25) is 0 Å². The highest BCUT2D eigenvalue weighted by atomic mass is 35.5.